The van der Waals surface area contributed by atoms with Crippen molar-refractivity contribution in [2.45, 2.75) is 48.7 Å². The Kier molecular flexibility index (Phi) is 8.59. The van der Waals surface area contributed by atoms with Crippen LogP contribution in [0.3, 0.4) is 0 Å². The highest BCUT2D eigenvalue weighted by Crippen LogP contribution is 2.55. The van der Waals surface area contributed by atoms with Crippen LogP contribution in [0, 0.1) is 11.3 Å². The smallest absolute Gasteiger partial charge is 0.271 e. The van der Waals surface area contributed by atoms with E-state index in [2.05, 4.69) is 4.90 Å². The fourth-order valence-corrected chi connectivity index (χ4v) is 8.77. The first-order valence-electron chi connectivity index (χ1n) is 15.3. The lowest BCUT2D eigenvalue weighted by Gasteiger charge is -2.42. The predicted molar refractivity (Wildman–Crippen MR) is 174 cm³/mol. The summed E-state index contributed by atoms with van der Waals surface area (Å²) < 4.78 is 35.7. The average Bonchev–Trinajstić information content (AvgIpc) is 3.80. The monoisotopic (exact) mass is 661 g/mol. The van der Waals surface area contributed by atoms with Gasteiger partial charge in [0.1, 0.15) is 5.75 Å². The summed E-state index contributed by atoms with van der Waals surface area (Å²) in [6.45, 7) is 2.93. The molecule has 3 aromatic rings. The molecule has 0 saturated carbocycles. The Morgan fingerprint density at radius 1 is 1.02 bits per heavy atom. The number of nitrogens with zero attached hydrogens (tertiary/aromatic N) is 5. The van der Waals surface area contributed by atoms with Gasteiger partial charge in [-0.3, -0.25) is 19.4 Å². The lowest BCUT2D eigenvalue weighted by atomic mass is 9.80. The fraction of sp³-hybridized carbons (Fsp3) is 0.382. The van der Waals surface area contributed by atoms with Crippen LogP contribution in [0.1, 0.15) is 47.9 Å². The maximum atomic E-state index is 15.4. The van der Waals surface area contributed by atoms with Crippen molar-refractivity contribution < 1.29 is 22.7 Å². The summed E-state index contributed by atoms with van der Waals surface area (Å²) in [5.74, 6) is -0.539. The van der Waals surface area contributed by atoms with E-state index >= 15 is 4.79 Å². The zero-order chi connectivity index (χ0) is 32.8. The number of halogens is 1. The Balaban J connectivity index is 1.64. The number of nitriles is 1. The van der Waals surface area contributed by atoms with Crippen LogP contribution < -0.4 is 9.04 Å². The SMILES string of the molecule is COc1ccc(CN2CCCC2)cc1C1(N2CCC[C@H]2C(=O)N(C)C)C(=O)N(S(=O)(=O)c2ccc(C#N)cc2)c2ccc(Cl)cc21. The number of likely N-dealkylation sites (tertiary alicyclic amines) is 2. The van der Waals surface area contributed by atoms with Crippen molar-refractivity contribution in [2.24, 2.45) is 0 Å². The number of ether oxygens (including phenoxy) is 1. The Labute approximate surface area is 274 Å². The second-order valence-electron chi connectivity index (χ2n) is 12.2. The molecule has 3 aromatic carbocycles. The molecule has 6 rings (SSSR count). The Hall–Kier alpha value is -3.95. The molecule has 0 bridgehead atoms. The number of likely N-dealkylation sites (N-methyl/N-ethyl adjacent to an activating group) is 1. The number of carbonyl (C=O) groups excluding carboxylic acids is 2. The van der Waals surface area contributed by atoms with Gasteiger partial charge in [0.2, 0.25) is 5.91 Å². The number of hydrogen-bond donors (Lipinski definition) is 0. The van der Waals surface area contributed by atoms with Gasteiger partial charge in [0.25, 0.3) is 15.9 Å². The highest BCUT2D eigenvalue weighted by atomic mass is 35.5. The van der Waals surface area contributed by atoms with E-state index in [9.17, 15) is 18.5 Å². The summed E-state index contributed by atoms with van der Waals surface area (Å²) in [7, 11) is 0.371. The molecule has 0 spiro atoms. The van der Waals surface area contributed by atoms with E-state index in [1.807, 2.05) is 29.2 Å². The molecular weight excluding hydrogens is 626 g/mol. The number of rotatable bonds is 8. The van der Waals surface area contributed by atoms with Gasteiger partial charge in [0.15, 0.2) is 5.54 Å². The number of methoxy groups -OCH3 is 1. The van der Waals surface area contributed by atoms with Crippen molar-refractivity contribution in [1.82, 2.24) is 14.7 Å². The summed E-state index contributed by atoms with van der Waals surface area (Å²) >= 11 is 6.63. The van der Waals surface area contributed by atoms with Crippen LogP contribution in [0.5, 0.6) is 5.75 Å². The number of hydrogen-bond acceptors (Lipinski definition) is 8. The average molecular weight is 662 g/mol. The molecule has 3 aliphatic rings. The highest BCUT2D eigenvalue weighted by Gasteiger charge is 2.63. The van der Waals surface area contributed by atoms with E-state index in [-0.39, 0.29) is 22.1 Å². The third-order valence-electron chi connectivity index (χ3n) is 9.25. The quantitative estimate of drug-likeness (QED) is 0.350. The molecule has 240 valence electrons. The van der Waals surface area contributed by atoms with Crippen LogP contribution >= 0.6 is 11.6 Å². The molecule has 0 N–H and O–H groups in total. The molecule has 12 heteroatoms. The molecule has 0 aliphatic carbocycles. The van der Waals surface area contributed by atoms with Crippen LogP contribution in [0.15, 0.2) is 65.6 Å². The molecule has 2 amide bonds. The zero-order valence-corrected chi connectivity index (χ0v) is 27.6. The topological polar surface area (TPSA) is 114 Å². The standard InChI is InChI=1S/C34H36ClN5O5S/c1-37(2)32(41)30-7-6-18-39(30)34(28-19-24(10-15-31(28)45-3)22-38-16-4-5-17-38)27-20-25(35)11-14-29(27)40(33(34)42)46(43,44)26-12-8-23(21-36)9-13-26/h8-15,19-20,30H,4-7,16-18,22H2,1-3H3/t30-,34?/m0/s1. The Bertz CT molecular complexity index is 1840. The lowest BCUT2D eigenvalue weighted by molar-refractivity contribution is -0.138. The van der Waals surface area contributed by atoms with Crippen molar-refractivity contribution in [1.29, 1.82) is 5.26 Å². The molecule has 2 atom stereocenters. The van der Waals surface area contributed by atoms with Gasteiger partial charge in [-0.25, -0.2) is 12.7 Å². The van der Waals surface area contributed by atoms with E-state index in [0.717, 1.165) is 35.8 Å². The van der Waals surface area contributed by atoms with E-state index < -0.39 is 27.5 Å². The number of sulfonamides is 1. The molecule has 10 nitrogen and oxygen atoms in total. The van der Waals surface area contributed by atoms with Crippen LogP contribution in [0.4, 0.5) is 5.69 Å². The normalized spacial score (nSPS) is 21.8. The van der Waals surface area contributed by atoms with Gasteiger partial charge in [-0.15, -0.1) is 0 Å². The second kappa shape index (κ2) is 12.3. The predicted octanol–water partition coefficient (Wildman–Crippen LogP) is 4.35. The van der Waals surface area contributed by atoms with Gasteiger partial charge in [-0.2, -0.15) is 5.26 Å². The highest BCUT2D eigenvalue weighted by molar-refractivity contribution is 7.93. The van der Waals surface area contributed by atoms with Gasteiger partial charge >= 0.3 is 0 Å². The minimum atomic E-state index is -4.49. The van der Waals surface area contributed by atoms with Crippen molar-refractivity contribution in [2.75, 3.05) is 45.1 Å². The summed E-state index contributed by atoms with van der Waals surface area (Å²) in [5.41, 5.74) is 0.424. The van der Waals surface area contributed by atoms with E-state index in [1.54, 1.807) is 26.2 Å². The summed E-state index contributed by atoms with van der Waals surface area (Å²) in [6.07, 6.45) is 3.33. The van der Waals surface area contributed by atoms with Crippen molar-refractivity contribution >= 4 is 39.1 Å². The third-order valence-corrected chi connectivity index (χ3v) is 11.2. The molecule has 46 heavy (non-hydrogen) atoms. The second-order valence-corrected chi connectivity index (χ2v) is 14.4. The summed E-state index contributed by atoms with van der Waals surface area (Å²) in [6, 6.07) is 17.2. The molecule has 2 saturated heterocycles. The van der Waals surface area contributed by atoms with Crippen molar-refractivity contribution in [3.8, 4) is 11.8 Å². The number of fused-ring (bicyclic) bond motifs is 1. The number of benzene rings is 3. The van der Waals surface area contributed by atoms with Crippen molar-refractivity contribution in [3.05, 3.63) is 87.9 Å². The third kappa shape index (κ3) is 5.14. The summed E-state index contributed by atoms with van der Waals surface area (Å²) in [4.78, 5) is 34.7. The Morgan fingerprint density at radius 2 is 1.74 bits per heavy atom. The van der Waals surface area contributed by atoms with Gasteiger partial charge in [0, 0.05) is 43.3 Å². The largest absolute Gasteiger partial charge is 0.496 e. The zero-order valence-electron chi connectivity index (χ0n) is 26.1. The number of anilines is 1. The molecule has 0 aromatic heterocycles. The van der Waals surface area contributed by atoms with Crippen LogP contribution in [-0.4, -0.2) is 81.8 Å². The Morgan fingerprint density at radius 3 is 2.39 bits per heavy atom. The molecule has 1 unspecified atom stereocenters. The van der Waals surface area contributed by atoms with Gasteiger partial charge in [-0.05, 0) is 98.9 Å². The molecule has 3 heterocycles. The van der Waals surface area contributed by atoms with E-state index in [0.29, 0.717) is 47.8 Å². The maximum absolute atomic E-state index is 15.4. The van der Waals surface area contributed by atoms with Crippen LogP contribution in [0.2, 0.25) is 5.02 Å². The number of carbonyl (C=O) groups is 2. The van der Waals surface area contributed by atoms with E-state index in [1.165, 1.54) is 42.3 Å². The molecule has 0 radical (unpaired) electrons. The molecule has 2 fully saturated rings. The molecule has 3 aliphatic heterocycles. The first-order chi connectivity index (χ1) is 22.0. The van der Waals surface area contributed by atoms with Gasteiger partial charge in [0.05, 0.1) is 35.4 Å². The van der Waals surface area contributed by atoms with Crippen LogP contribution in [-0.2, 0) is 31.7 Å². The first kappa shape index (κ1) is 32.0. The maximum Gasteiger partial charge on any atom is 0.271 e. The minimum absolute atomic E-state index is 0.145. The summed E-state index contributed by atoms with van der Waals surface area (Å²) in [5, 5.41) is 9.61. The van der Waals surface area contributed by atoms with E-state index in [4.69, 9.17) is 16.3 Å². The van der Waals surface area contributed by atoms with Gasteiger partial charge < -0.3 is 9.64 Å². The van der Waals surface area contributed by atoms with Crippen LogP contribution in [0.25, 0.3) is 0 Å². The minimum Gasteiger partial charge on any atom is -0.496 e. The fourth-order valence-electron chi connectivity index (χ4n) is 7.14. The lowest BCUT2D eigenvalue weighted by Crippen LogP contribution is -2.59. The number of amides is 2. The first-order valence-corrected chi connectivity index (χ1v) is 17.1. The molecular formula is C34H36ClN5O5S. The van der Waals surface area contributed by atoms with Gasteiger partial charge in [-0.1, -0.05) is 17.7 Å². The van der Waals surface area contributed by atoms with Crippen molar-refractivity contribution in [3.63, 3.8) is 0 Å².